The van der Waals surface area contributed by atoms with Crippen LogP contribution in [-0.2, 0) is 7.05 Å². The zero-order chi connectivity index (χ0) is 9.42. The van der Waals surface area contributed by atoms with E-state index in [1.165, 1.54) is 17.1 Å². The van der Waals surface area contributed by atoms with Gasteiger partial charge in [-0.15, -0.1) is 0 Å². The van der Waals surface area contributed by atoms with Crippen LogP contribution in [-0.4, -0.2) is 14.8 Å². The predicted molar refractivity (Wildman–Crippen MR) is 43.4 cm³/mol. The number of oxazole rings is 1. The third kappa shape index (κ3) is 1.12. The fraction of sp³-hybridized carbons (Fsp3) is 0.250. The summed E-state index contributed by atoms with van der Waals surface area (Å²) in [5, 5.41) is 3.94. The van der Waals surface area contributed by atoms with Crippen molar-refractivity contribution in [3.63, 3.8) is 0 Å². The van der Waals surface area contributed by atoms with Gasteiger partial charge in [0.1, 0.15) is 6.26 Å². The molecule has 2 heterocycles. The summed E-state index contributed by atoms with van der Waals surface area (Å²) in [6, 6.07) is 0. The van der Waals surface area contributed by atoms with Crippen LogP contribution in [0.2, 0.25) is 0 Å². The van der Waals surface area contributed by atoms with Crippen LogP contribution < -0.4 is 0 Å². The molecule has 4 nitrogen and oxygen atoms in total. The van der Waals surface area contributed by atoms with E-state index in [1.54, 1.807) is 14.0 Å². The van der Waals surface area contributed by atoms with Gasteiger partial charge in [0.05, 0.1) is 11.9 Å². The fourth-order valence-corrected chi connectivity index (χ4v) is 1.06. The van der Waals surface area contributed by atoms with Gasteiger partial charge in [0.15, 0.2) is 11.5 Å². The quantitative estimate of drug-likeness (QED) is 0.670. The van der Waals surface area contributed by atoms with E-state index in [4.69, 9.17) is 4.42 Å². The number of rotatable bonds is 1. The molecule has 0 aromatic carbocycles. The second kappa shape index (κ2) is 2.69. The van der Waals surface area contributed by atoms with Crippen LogP contribution in [0.3, 0.4) is 0 Å². The number of hydrogen-bond donors (Lipinski definition) is 0. The lowest BCUT2D eigenvalue weighted by Gasteiger charge is -1.88. The first-order chi connectivity index (χ1) is 6.20. The van der Waals surface area contributed by atoms with E-state index < -0.39 is 0 Å². The van der Waals surface area contributed by atoms with Crippen LogP contribution in [0.15, 0.2) is 16.9 Å². The minimum Gasteiger partial charge on any atom is -0.443 e. The maximum atomic E-state index is 13.4. The van der Waals surface area contributed by atoms with E-state index >= 15 is 0 Å². The molecule has 0 N–H and O–H groups in total. The minimum absolute atomic E-state index is 0.157. The van der Waals surface area contributed by atoms with Crippen LogP contribution in [0.25, 0.3) is 11.6 Å². The Morgan fingerprint density at radius 1 is 1.54 bits per heavy atom. The Morgan fingerprint density at radius 2 is 2.31 bits per heavy atom. The van der Waals surface area contributed by atoms with Crippen molar-refractivity contribution in [1.82, 2.24) is 14.8 Å². The van der Waals surface area contributed by atoms with Crippen molar-refractivity contribution in [2.24, 2.45) is 7.05 Å². The number of halogens is 1. The van der Waals surface area contributed by atoms with E-state index in [2.05, 4.69) is 10.1 Å². The van der Waals surface area contributed by atoms with Crippen molar-refractivity contribution in [2.75, 3.05) is 0 Å². The van der Waals surface area contributed by atoms with Gasteiger partial charge in [0.25, 0.3) is 0 Å². The highest BCUT2D eigenvalue weighted by molar-refractivity contribution is 5.48. The molecule has 0 fully saturated rings. The summed E-state index contributed by atoms with van der Waals surface area (Å²) in [7, 11) is 1.67. The fourth-order valence-electron chi connectivity index (χ4n) is 1.06. The molecule has 0 radical (unpaired) electrons. The van der Waals surface area contributed by atoms with E-state index in [1.807, 2.05) is 0 Å². The first-order valence-corrected chi connectivity index (χ1v) is 3.79. The van der Waals surface area contributed by atoms with Gasteiger partial charge >= 0.3 is 0 Å². The second-order valence-corrected chi connectivity index (χ2v) is 2.71. The summed E-state index contributed by atoms with van der Waals surface area (Å²) in [5.41, 5.74) is 0.623. The molecular weight excluding hydrogens is 173 g/mol. The number of aryl methyl sites for hydroxylation is 1. The van der Waals surface area contributed by atoms with Crippen molar-refractivity contribution in [1.29, 1.82) is 0 Å². The molecule has 0 saturated carbocycles. The molecule has 0 aliphatic carbocycles. The zero-order valence-electron chi connectivity index (χ0n) is 7.28. The molecule has 0 spiro atoms. The Balaban J connectivity index is 2.59. The Kier molecular flexibility index (Phi) is 1.65. The van der Waals surface area contributed by atoms with E-state index in [0.717, 1.165) is 0 Å². The largest absolute Gasteiger partial charge is 0.443 e. The molecule has 5 heteroatoms. The molecule has 0 bridgehead atoms. The molecule has 0 unspecified atom stereocenters. The molecule has 0 atom stereocenters. The molecule has 0 amide bonds. The van der Waals surface area contributed by atoms with Crippen molar-refractivity contribution in [3.05, 3.63) is 24.0 Å². The molecule has 0 aliphatic rings. The maximum Gasteiger partial charge on any atom is 0.250 e. The van der Waals surface area contributed by atoms with Gasteiger partial charge < -0.3 is 4.42 Å². The molecule has 13 heavy (non-hydrogen) atoms. The van der Waals surface area contributed by atoms with Gasteiger partial charge in [-0.25, -0.2) is 9.37 Å². The Bertz CT molecular complexity index is 419. The van der Waals surface area contributed by atoms with Gasteiger partial charge in [0.2, 0.25) is 5.89 Å². The summed E-state index contributed by atoms with van der Waals surface area (Å²) in [5.74, 6) is -0.175. The summed E-state index contributed by atoms with van der Waals surface area (Å²) in [6.07, 6.45) is 2.84. The molecule has 0 aliphatic heterocycles. The molecule has 0 saturated heterocycles. The average molecular weight is 181 g/mol. The maximum absolute atomic E-state index is 13.4. The summed E-state index contributed by atoms with van der Waals surface area (Å²) < 4.78 is 19.8. The molecular formula is C8H8FN3O. The van der Waals surface area contributed by atoms with Crippen LogP contribution in [0.1, 0.15) is 5.69 Å². The SMILES string of the molecule is Cc1c(F)c(-c2ncco2)nn1C. The predicted octanol–water partition coefficient (Wildman–Crippen LogP) is 1.52. The van der Waals surface area contributed by atoms with Gasteiger partial charge in [0, 0.05) is 7.05 Å². The Morgan fingerprint density at radius 3 is 2.77 bits per heavy atom. The summed E-state index contributed by atoms with van der Waals surface area (Å²) >= 11 is 0. The number of nitrogens with zero attached hydrogens (tertiary/aromatic N) is 3. The van der Waals surface area contributed by atoms with Crippen molar-refractivity contribution < 1.29 is 8.81 Å². The minimum atomic E-state index is -0.384. The lowest BCUT2D eigenvalue weighted by molar-refractivity contribution is 0.559. The molecule has 2 rings (SSSR count). The van der Waals surface area contributed by atoms with E-state index in [0.29, 0.717) is 5.69 Å². The molecule has 2 aromatic heterocycles. The van der Waals surface area contributed by atoms with Crippen LogP contribution in [0, 0.1) is 12.7 Å². The van der Waals surface area contributed by atoms with E-state index in [-0.39, 0.29) is 17.4 Å². The van der Waals surface area contributed by atoms with Crippen LogP contribution >= 0.6 is 0 Å². The highest BCUT2D eigenvalue weighted by Gasteiger charge is 2.17. The first kappa shape index (κ1) is 7.97. The first-order valence-electron chi connectivity index (χ1n) is 3.79. The van der Waals surface area contributed by atoms with Gasteiger partial charge in [-0.3, -0.25) is 4.68 Å². The number of aromatic nitrogens is 3. The van der Waals surface area contributed by atoms with Gasteiger partial charge in [-0.2, -0.15) is 5.10 Å². The third-order valence-corrected chi connectivity index (χ3v) is 1.90. The summed E-state index contributed by atoms with van der Waals surface area (Å²) in [6.45, 7) is 1.65. The standard InChI is InChI=1S/C8H8FN3O/c1-5-6(9)7(11-12(5)2)8-10-3-4-13-8/h3-4H,1-2H3. The monoisotopic (exact) mass is 181 g/mol. The van der Waals surface area contributed by atoms with Gasteiger partial charge in [-0.1, -0.05) is 0 Å². The zero-order valence-corrected chi connectivity index (χ0v) is 7.28. The third-order valence-electron chi connectivity index (χ3n) is 1.90. The Labute approximate surface area is 74.0 Å². The highest BCUT2D eigenvalue weighted by atomic mass is 19.1. The second-order valence-electron chi connectivity index (χ2n) is 2.71. The van der Waals surface area contributed by atoms with Crippen molar-refractivity contribution >= 4 is 0 Å². The van der Waals surface area contributed by atoms with E-state index in [9.17, 15) is 4.39 Å². The van der Waals surface area contributed by atoms with Crippen LogP contribution in [0.4, 0.5) is 4.39 Å². The lowest BCUT2D eigenvalue weighted by Crippen LogP contribution is -1.92. The van der Waals surface area contributed by atoms with Crippen molar-refractivity contribution in [3.8, 4) is 11.6 Å². The topological polar surface area (TPSA) is 43.9 Å². The molecule has 2 aromatic rings. The summed E-state index contributed by atoms with van der Waals surface area (Å²) in [4.78, 5) is 3.82. The normalized spacial score (nSPS) is 10.7. The van der Waals surface area contributed by atoms with Gasteiger partial charge in [-0.05, 0) is 6.92 Å². The lowest BCUT2D eigenvalue weighted by atomic mass is 10.3. The highest BCUT2D eigenvalue weighted by Crippen LogP contribution is 2.20. The van der Waals surface area contributed by atoms with Crippen LogP contribution in [0.5, 0.6) is 0 Å². The Hall–Kier alpha value is -1.65. The smallest absolute Gasteiger partial charge is 0.250 e. The van der Waals surface area contributed by atoms with Crippen molar-refractivity contribution in [2.45, 2.75) is 6.92 Å². The average Bonchev–Trinajstić information content (AvgIpc) is 2.70. The number of hydrogen-bond acceptors (Lipinski definition) is 3. The molecule has 68 valence electrons.